The van der Waals surface area contributed by atoms with E-state index < -0.39 is 0 Å². The fourth-order valence-electron chi connectivity index (χ4n) is 5.75. The van der Waals surface area contributed by atoms with Crippen molar-refractivity contribution in [2.75, 3.05) is 13.1 Å². The van der Waals surface area contributed by atoms with Gasteiger partial charge in [0.2, 0.25) is 5.91 Å². The van der Waals surface area contributed by atoms with Gasteiger partial charge in [0, 0.05) is 25.4 Å². The van der Waals surface area contributed by atoms with Crippen LogP contribution in [0.2, 0.25) is 0 Å². The fourth-order valence-corrected chi connectivity index (χ4v) is 5.75. The molecule has 0 unspecified atom stereocenters. The third kappa shape index (κ3) is 5.24. The topological polar surface area (TPSA) is 40.5 Å². The molecule has 2 fully saturated rings. The highest BCUT2D eigenvalue weighted by molar-refractivity contribution is 5.76. The number of hydrogen-bond donors (Lipinski definition) is 1. The van der Waals surface area contributed by atoms with Gasteiger partial charge in [-0.25, -0.2) is 0 Å². The number of nitrogens with zero attached hydrogens (tertiary/aromatic N) is 1. The number of benzene rings is 1. The van der Waals surface area contributed by atoms with Gasteiger partial charge in [0.25, 0.3) is 0 Å². The molecule has 0 aromatic heterocycles. The Bertz CT molecular complexity index is 790. The van der Waals surface area contributed by atoms with Gasteiger partial charge in [-0.05, 0) is 75.7 Å². The van der Waals surface area contributed by atoms with E-state index in [0.717, 1.165) is 51.6 Å². The van der Waals surface area contributed by atoms with Crippen LogP contribution in [-0.4, -0.2) is 35.1 Å². The summed E-state index contributed by atoms with van der Waals surface area (Å²) < 4.78 is 0. The lowest BCUT2D eigenvalue weighted by Gasteiger charge is -2.18. The largest absolute Gasteiger partial charge is 0.392 e. The van der Waals surface area contributed by atoms with Crippen molar-refractivity contribution in [2.24, 2.45) is 17.8 Å². The summed E-state index contributed by atoms with van der Waals surface area (Å²) in [4.78, 5) is 14.3. The molecule has 1 heterocycles. The second-order valence-electron chi connectivity index (χ2n) is 9.63. The Hall–Kier alpha value is -1.87. The smallest absolute Gasteiger partial charge is 0.222 e. The average Bonchev–Trinajstić information content (AvgIpc) is 3.43. The van der Waals surface area contributed by atoms with Gasteiger partial charge in [-0.2, -0.15) is 0 Å². The maximum atomic E-state index is 12.2. The van der Waals surface area contributed by atoms with E-state index in [0.29, 0.717) is 24.2 Å². The van der Waals surface area contributed by atoms with Crippen LogP contribution in [0, 0.1) is 24.7 Å². The van der Waals surface area contributed by atoms with E-state index in [-0.39, 0.29) is 12.0 Å². The number of carbonyl (C=O) groups is 1. The number of aryl methyl sites for hydroxylation is 2. The number of aliphatic hydroxyl groups excluding tert-OH is 1. The predicted molar refractivity (Wildman–Crippen MR) is 122 cm³/mol. The molecule has 4 atom stereocenters. The van der Waals surface area contributed by atoms with Crippen LogP contribution < -0.4 is 0 Å². The summed E-state index contributed by atoms with van der Waals surface area (Å²) in [6, 6.07) is 8.73. The van der Waals surface area contributed by atoms with Crippen LogP contribution in [0.3, 0.4) is 0 Å². The Labute approximate surface area is 181 Å². The number of amides is 1. The van der Waals surface area contributed by atoms with Gasteiger partial charge >= 0.3 is 0 Å². The van der Waals surface area contributed by atoms with E-state index in [1.54, 1.807) is 0 Å². The summed E-state index contributed by atoms with van der Waals surface area (Å²) in [6.45, 7) is 4.06. The van der Waals surface area contributed by atoms with Crippen LogP contribution in [0.1, 0.15) is 62.5 Å². The van der Waals surface area contributed by atoms with Gasteiger partial charge in [0.15, 0.2) is 0 Å². The van der Waals surface area contributed by atoms with E-state index in [4.69, 9.17) is 0 Å². The zero-order valence-electron chi connectivity index (χ0n) is 18.4. The number of fused-ring (bicyclic) bond motifs is 1. The van der Waals surface area contributed by atoms with Crippen molar-refractivity contribution in [3.05, 3.63) is 59.2 Å². The molecule has 3 nitrogen and oxygen atoms in total. The second-order valence-corrected chi connectivity index (χ2v) is 9.63. The lowest BCUT2D eigenvalue weighted by molar-refractivity contribution is -0.130. The molecular weight excluding hydrogens is 370 g/mol. The quantitative estimate of drug-likeness (QED) is 0.600. The van der Waals surface area contributed by atoms with Gasteiger partial charge < -0.3 is 10.0 Å². The number of aliphatic hydroxyl groups is 1. The number of likely N-dealkylation sites (tertiary alicyclic amines) is 1. The van der Waals surface area contributed by atoms with Gasteiger partial charge in [0.1, 0.15) is 0 Å². The minimum Gasteiger partial charge on any atom is -0.392 e. The van der Waals surface area contributed by atoms with E-state index in [1.165, 1.54) is 29.5 Å². The van der Waals surface area contributed by atoms with Crippen molar-refractivity contribution in [1.29, 1.82) is 0 Å². The first-order chi connectivity index (χ1) is 14.6. The van der Waals surface area contributed by atoms with Crippen LogP contribution >= 0.6 is 0 Å². The first-order valence-corrected chi connectivity index (χ1v) is 12.0. The number of carbonyl (C=O) groups excluding carboxylic acids is 1. The standard InChI is InChI=1S/C27H37NO2/c1-20-8-6-10-21(16-20)9-2-3-12-24-25-18-22(17-23(25)19-26(24)29)11-7-13-27(30)28-14-4-5-15-28/h3,6,8,10,12,16-17,23-26,29H,2,4-5,7,9,11,13-15,18-19H2,1H3/t23-,24+,25-,26+/m0/s1. The van der Waals surface area contributed by atoms with Crippen LogP contribution in [0.25, 0.3) is 0 Å². The van der Waals surface area contributed by atoms with Gasteiger partial charge in [-0.1, -0.05) is 53.6 Å². The highest BCUT2D eigenvalue weighted by atomic mass is 16.3. The lowest BCUT2D eigenvalue weighted by Crippen LogP contribution is -2.27. The fraction of sp³-hybridized carbons (Fsp3) is 0.593. The number of allylic oxidation sites excluding steroid dienone is 3. The van der Waals surface area contributed by atoms with Crippen LogP contribution in [0.15, 0.2) is 48.1 Å². The number of rotatable bonds is 8. The monoisotopic (exact) mass is 407 g/mol. The molecule has 1 aliphatic heterocycles. The molecule has 1 amide bonds. The third-order valence-corrected chi connectivity index (χ3v) is 7.34. The van der Waals surface area contributed by atoms with E-state index >= 15 is 0 Å². The van der Waals surface area contributed by atoms with Crippen molar-refractivity contribution in [1.82, 2.24) is 4.90 Å². The molecule has 1 saturated heterocycles. The molecule has 3 aliphatic rings. The minimum atomic E-state index is -0.204. The zero-order valence-corrected chi connectivity index (χ0v) is 18.4. The van der Waals surface area contributed by atoms with Crippen molar-refractivity contribution < 1.29 is 9.90 Å². The molecule has 0 bridgehead atoms. The first kappa shape index (κ1) is 21.4. The van der Waals surface area contributed by atoms with Crippen LogP contribution in [0.4, 0.5) is 0 Å². The van der Waals surface area contributed by atoms with Gasteiger partial charge in [-0.15, -0.1) is 0 Å². The zero-order chi connectivity index (χ0) is 20.9. The Morgan fingerprint density at radius 1 is 1.23 bits per heavy atom. The molecule has 3 heteroatoms. The van der Waals surface area contributed by atoms with E-state index in [9.17, 15) is 9.90 Å². The molecule has 0 radical (unpaired) electrons. The summed E-state index contributed by atoms with van der Waals surface area (Å²) in [6.07, 6.45) is 15.9. The van der Waals surface area contributed by atoms with Crippen LogP contribution in [-0.2, 0) is 11.2 Å². The van der Waals surface area contributed by atoms with Gasteiger partial charge in [-0.3, -0.25) is 4.79 Å². The van der Waals surface area contributed by atoms with Crippen molar-refractivity contribution in [2.45, 2.75) is 70.8 Å². The predicted octanol–water partition coefficient (Wildman–Crippen LogP) is 5.22. The SMILES string of the molecule is Cc1cccc(CCC=C[C@@H]2[C@H]3CC(CCCC(=O)N4CCCC4)=C[C@H]3C[C@H]2O)c1. The third-order valence-electron chi connectivity index (χ3n) is 7.34. The van der Waals surface area contributed by atoms with Crippen molar-refractivity contribution in [3.63, 3.8) is 0 Å². The normalized spacial score (nSPS) is 28.3. The minimum absolute atomic E-state index is 0.204. The summed E-state index contributed by atoms with van der Waals surface area (Å²) in [5.41, 5.74) is 4.22. The Morgan fingerprint density at radius 3 is 2.87 bits per heavy atom. The molecular formula is C27H37NO2. The van der Waals surface area contributed by atoms with Crippen molar-refractivity contribution in [3.8, 4) is 0 Å². The molecule has 1 aromatic rings. The molecule has 162 valence electrons. The highest BCUT2D eigenvalue weighted by Gasteiger charge is 2.43. The van der Waals surface area contributed by atoms with Crippen LogP contribution in [0.5, 0.6) is 0 Å². The molecule has 30 heavy (non-hydrogen) atoms. The summed E-state index contributed by atoms with van der Waals surface area (Å²) in [7, 11) is 0. The first-order valence-electron chi connectivity index (χ1n) is 12.0. The molecule has 1 saturated carbocycles. The average molecular weight is 408 g/mol. The molecule has 4 rings (SSSR count). The summed E-state index contributed by atoms with van der Waals surface area (Å²) in [5.74, 6) is 1.71. The Kier molecular flexibility index (Phi) is 7.09. The highest BCUT2D eigenvalue weighted by Crippen LogP contribution is 2.48. The van der Waals surface area contributed by atoms with E-state index in [2.05, 4.69) is 49.4 Å². The maximum absolute atomic E-state index is 12.2. The lowest BCUT2D eigenvalue weighted by atomic mass is 9.88. The van der Waals surface area contributed by atoms with Crippen molar-refractivity contribution >= 4 is 5.91 Å². The summed E-state index contributed by atoms with van der Waals surface area (Å²) >= 11 is 0. The second kappa shape index (κ2) is 9.96. The maximum Gasteiger partial charge on any atom is 0.222 e. The number of hydrogen-bond acceptors (Lipinski definition) is 2. The molecule has 1 aromatic carbocycles. The van der Waals surface area contributed by atoms with E-state index in [1.807, 2.05) is 4.90 Å². The Balaban J connectivity index is 1.22. The molecule has 2 aliphatic carbocycles. The molecule has 1 N–H and O–H groups in total. The Morgan fingerprint density at radius 2 is 2.07 bits per heavy atom. The van der Waals surface area contributed by atoms with Gasteiger partial charge in [0.05, 0.1) is 6.10 Å². The molecule has 0 spiro atoms. The summed E-state index contributed by atoms with van der Waals surface area (Å²) in [5, 5.41) is 10.6.